The highest BCUT2D eigenvalue weighted by Crippen LogP contribution is 2.38. The molecule has 11 heteroatoms. The molecule has 0 aliphatic carbocycles. The summed E-state index contributed by atoms with van der Waals surface area (Å²) in [5.41, 5.74) is 3.69. The van der Waals surface area contributed by atoms with Crippen molar-refractivity contribution in [2.45, 2.75) is 59.2 Å². The minimum Gasteiger partial charge on any atom is -0.446 e. The zero-order valence-corrected chi connectivity index (χ0v) is 26.1. The Balaban J connectivity index is 1.19. The average Bonchev–Trinajstić information content (AvgIpc) is 3.19. The number of fused-ring (bicyclic) bond motifs is 2. The lowest BCUT2D eigenvalue weighted by Crippen LogP contribution is -2.40. The third-order valence-electron chi connectivity index (χ3n) is 7.78. The van der Waals surface area contributed by atoms with E-state index in [0.29, 0.717) is 38.9 Å². The summed E-state index contributed by atoms with van der Waals surface area (Å²) in [6, 6.07) is 10.5. The standard InChI is InChI=1S/C31H38Cl2N6O3/c1-31(2,3)11-14-38-12-9-23(10-13-38)42-30(41)34-17-20-5-7-24(25(33)15-20)29(40)39-19-21-18-35-37(4)28(21)36-26-16-22(32)6-8-27(26)39/h5-8,15-16,18,23,36H,9-14,17,19H2,1-4H3,(H,34,41). The summed E-state index contributed by atoms with van der Waals surface area (Å²) in [4.78, 5) is 30.4. The topological polar surface area (TPSA) is 91.7 Å². The molecule has 2 aliphatic rings. The largest absolute Gasteiger partial charge is 0.446 e. The summed E-state index contributed by atoms with van der Waals surface area (Å²) >= 11 is 12.9. The molecule has 0 unspecified atom stereocenters. The number of hydrogen-bond donors (Lipinski definition) is 2. The molecule has 2 N–H and O–H groups in total. The van der Waals surface area contributed by atoms with E-state index in [1.165, 1.54) is 0 Å². The molecule has 2 amide bonds. The number of halogens is 2. The van der Waals surface area contributed by atoms with Gasteiger partial charge in [0.05, 0.1) is 34.7 Å². The van der Waals surface area contributed by atoms with E-state index in [-0.39, 0.29) is 18.6 Å². The fraction of sp³-hybridized carbons (Fsp3) is 0.452. The number of aromatic nitrogens is 2. The number of likely N-dealkylation sites (tertiary alicyclic amines) is 1. The van der Waals surface area contributed by atoms with Crippen LogP contribution in [0.3, 0.4) is 0 Å². The number of piperidine rings is 1. The van der Waals surface area contributed by atoms with Crippen LogP contribution in [-0.2, 0) is 24.9 Å². The lowest BCUT2D eigenvalue weighted by molar-refractivity contribution is 0.0479. The maximum atomic E-state index is 13.8. The van der Waals surface area contributed by atoms with E-state index in [2.05, 4.69) is 41.4 Å². The van der Waals surface area contributed by atoms with Gasteiger partial charge >= 0.3 is 6.09 Å². The lowest BCUT2D eigenvalue weighted by Gasteiger charge is -2.33. The number of nitrogens with one attached hydrogen (secondary N) is 2. The molecular formula is C31H38Cl2N6O3. The first-order valence-electron chi connectivity index (χ1n) is 14.3. The quantitative estimate of drug-likeness (QED) is 0.319. The van der Waals surface area contributed by atoms with Crippen molar-refractivity contribution < 1.29 is 14.3 Å². The van der Waals surface area contributed by atoms with Crippen LogP contribution >= 0.6 is 23.2 Å². The van der Waals surface area contributed by atoms with Crippen molar-refractivity contribution in [1.82, 2.24) is 20.0 Å². The number of amides is 2. The van der Waals surface area contributed by atoms with Gasteiger partial charge in [0.15, 0.2) is 0 Å². The van der Waals surface area contributed by atoms with Crippen molar-refractivity contribution >= 4 is 52.4 Å². The molecule has 1 aromatic heterocycles. The van der Waals surface area contributed by atoms with Crippen LogP contribution in [0.15, 0.2) is 42.6 Å². The van der Waals surface area contributed by atoms with Gasteiger partial charge in [0.25, 0.3) is 5.91 Å². The Morgan fingerprint density at radius 3 is 2.60 bits per heavy atom. The van der Waals surface area contributed by atoms with E-state index in [0.717, 1.165) is 55.8 Å². The zero-order chi connectivity index (χ0) is 30.0. The van der Waals surface area contributed by atoms with Gasteiger partial charge in [0.2, 0.25) is 0 Å². The summed E-state index contributed by atoms with van der Waals surface area (Å²) in [5.74, 6) is 0.536. The molecule has 42 heavy (non-hydrogen) atoms. The number of anilines is 3. The van der Waals surface area contributed by atoms with Crippen LogP contribution in [-0.4, -0.2) is 52.4 Å². The third-order valence-corrected chi connectivity index (χ3v) is 8.33. The third kappa shape index (κ3) is 7.19. The maximum Gasteiger partial charge on any atom is 0.407 e. The molecule has 0 saturated carbocycles. The second-order valence-corrected chi connectivity index (χ2v) is 13.1. The van der Waals surface area contributed by atoms with Gasteiger partial charge in [-0.15, -0.1) is 0 Å². The van der Waals surface area contributed by atoms with E-state index in [9.17, 15) is 9.59 Å². The molecule has 224 valence electrons. The first-order chi connectivity index (χ1) is 20.0. The summed E-state index contributed by atoms with van der Waals surface area (Å²) in [5, 5.41) is 11.4. The molecule has 0 spiro atoms. The number of hydrogen-bond acceptors (Lipinski definition) is 6. The second kappa shape index (κ2) is 12.5. The SMILES string of the molecule is Cn1ncc2c1Nc1cc(Cl)ccc1N(C(=O)c1ccc(CNC(=O)OC3CCN(CCC(C)(C)C)CC3)cc1Cl)C2. The number of benzene rings is 2. The van der Waals surface area contributed by atoms with Gasteiger partial charge < -0.3 is 25.2 Å². The van der Waals surface area contributed by atoms with Gasteiger partial charge in [-0.05, 0) is 67.1 Å². The van der Waals surface area contributed by atoms with Gasteiger partial charge in [0, 0.05) is 37.3 Å². The Morgan fingerprint density at radius 1 is 1.12 bits per heavy atom. The molecule has 1 saturated heterocycles. The van der Waals surface area contributed by atoms with Gasteiger partial charge in [-0.2, -0.15) is 5.10 Å². The summed E-state index contributed by atoms with van der Waals surface area (Å²) in [7, 11) is 1.84. The fourth-order valence-corrected chi connectivity index (χ4v) is 5.72. The van der Waals surface area contributed by atoms with Crippen LogP contribution in [0.1, 0.15) is 61.5 Å². The molecule has 5 rings (SSSR count). The molecule has 3 heterocycles. The van der Waals surface area contributed by atoms with Gasteiger partial charge in [-0.1, -0.05) is 50.0 Å². The van der Waals surface area contributed by atoms with Crippen LogP contribution in [0.4, 0.5) is 22.0 Å². The average molecular weight is 614 g/mol. The zero-order valence-electron chi connectivity index (χ0n) is 24.5. The highest BCUT2D eigenvalue weighted by Gasteiger charge is 2.28. The number of carbonyl (C=O) groups is 2. The predicted molar refractivity (Wildman–Crippen MR) is 167 cm³/mol. The highest BCUT2D eigenvalue weighted by molar-refractivity contribution is 6.35. The number of ether oxygens (including phenoxy) is 1. The molecule has 9 nitrogen and oxygen atoms in total. The maximum absolute atomic E-state index is 13.8. The summed E-state index contributed by atoms with van der Waals surface area (Å²) in [6.45, 7) is 10.3. The summed E-state index contributed by atoms with van der Waals surface area (Å²) < 4.78 is 7.40. The molecular weight excluding hydrogens is 575 g/mol. The first-order valence-corrected chi connectivity index (χ1v) is 15.1. The van der Waals surface area contributed by atoms with Crippen LogP contribution in [0.2, 0.25) is 10.0 Å². The van der Waals surface area contributed by atoms with Crippen LogP contribution in [0.5, 0.6) is 0 Å². The normalized spacial score (nSPS) is 15.8. The Morgan fingerprint density at radius 2 is 1.88 bits per heavy atom. The van der Waals surface area contributed by atoms with Crippen molar-refractivity contribution in [3.63, 3.8) is 0 Å². The Labute approximate surface area is 257 Å². The van der Waals surface area contributed by atoms with Crippen molar-refractivity contribution in [3.8, 4) is 0 Å². The van der Waals surface area contributed by atoms with E-state index in [1.54, 1.807) is 46.1 Å². The molecule has 2 aliphatic heterocycles. The fourth-order valence-electron chi connectivity index (χ4n) is 5.27. The molecule has 1 fully saturated rings. The molecule has 0 radical (unpaired) electrons. The number of nitrogens with zero attached hydrogens (tertiary/aromatic N) is 4. The van der Waals surface area contributed by atoms with Crippen LogP contribution in [0.25, 0.3) is 0 Å². The van der Waals surface area contributed by atoms with Gasteiger partial charge in [0.1, 0.15) is 11.9 Å². The smallest absolute Gasteiger partial charge is 0.407 e. The monoisotopic (exact) mass is 612 g/mol. The number of aryl methyl sites for hydroxylation is 1. The van der Waals surface area contributed by atoms with E-state index >= 15 is 0 Å². The predicted octanol–water partition coefficient (Wildman–Crippen LogP) is 6.76. The van der Waals surface area contributed by atoms with Crippen molar-refractivity contribution in [1.29, 1.82) is 0 Å². The van der Waals surface area contributed by atoms with Crippen molar-refractivity contribution in [2.75, 3.05) is 29.9 Å². The molecule has 3 aromatic rings. The van der Waals surface area contributed by atoms with E-state index < -0.39 is 6.09 Å². The Bertz CT molecular complexity index is 1460. The van der Waals surface area contributed by atoms with E-state index in [1.807, 2.05) is 13.1 Å². The first kappa shape index (κ1) is 30.2. The van der Waals surface area contributed by atoms with Gasteiger partial charge in [-0.3, -0.25) is 9.48 Å². The van der Waals surface area contributed by atoms with Crippen molar-refractivity contribution in [3.05, 3.63) is 69.3 Å². The number of alkyl carbamates (subject to hydrolysis) is 1. The van der Waals surface area contributed by atoms with E-state index in [4.69, 9.17) is 27.9 Å². The van der Waals surface area contributed by atoms with Crippen molar-refractivity contribution in [2.24, 2.45) is 12.5 Å². The Hall–Kier alpha value is -3.27. The second-order valence-electron chi connectivity index (χ2n) is 12.2. The number of carbonyl (C=O) groups excluding carboxylic acids is 2. The van der Waals surface area contributed by atoms with Crippen LogP contribution in [0, 0.1) is 5.41 Å². The molecule has 0 atom stereocenters. The molecule has 2 aromatic carbocycles. The molecule has 0 bridgehead atoms. The van der Waals surface area contributed by atoms with Crippen LogP contribution < -0.4 is 15.5 Å². The minimum atomic E-state index is -0.445. The highest BCUT2D eigenvalue weighted by atomic mass is 35.5. The number of rotatable bonds is 6. The van der Waals surface area contributed by atoms with Gasteiger partial charge in [-0.25, -0.2) is 4.79 Å². The minimum absolute atomic E-state index is 0.0827. The summed E-state index contributed by atoms with van der Waals surface area (Å²) in [6.07, 6.45) is 4.03. The Kier molecular flexibility index (Phi) is 9.01. The lowest BCUT2D eigenvalue weighted by atomic mass is 9.91.